The van der Waals surface area contributed by atoms with E-state index in [0.29, 0.717) is 12.9 Å². The number of hydrogen-bond acceptors (Lipinski definition) is 5. The van der Waals surface area contributed by atoms with Crippen LogP contribution in [0.1, 0.15) is 49.1 Å². The highest BCUT2D eigenvalue weighted by molar-refractivity contribution is 6.43. The number of methoxy groups -OCH3 is 1. The Hall–Kier alpha value is -2.05. The second kappa shape index (κ2) is 7.09. The van der Waals surface area contributed by atoms with Gasteiger partial charge in [-0.25, -0.2) is 0 Å². The molecule has 6 heteroatoms. The molecule has 1 N–H and O–H groups in total. The Morgan fingerprint density at radius 2 is 2.07 bits per heavy atom. The Balaban J connectivity index is 1.53. The van der Waals surface area contributed by atoms with Gasteiger partial charge in [0.1, 0.15) is 5.60 Å². The summed E-state index contributed by atoms with van der Waals surface area (Å²) in [5.74, 6) is 1.92. The molecule has 1 aliphatic carbocycles. The predicted molar refractivity (Wildman–Crippen MR) is 108 cm³/mol. The lowest BCUT2D eigenvalue weighted by Crippen LogP contribution is -2.36. The molecule has 1 spiro atoms. The summed E-state index contributed by atoms with van der Waals surface area (Å²) in [6.45, 7) is 0.540. The summed E-state index contributed by atoms with van der Waals surface area (Å²) >= 11 is 0. The summed E-state index contributed by atoms with van der Waals surface area (Å²) in [5, 5.41) is 9.69. The van der Waals surface area contributed by atoms with Crippen molar-refractivity contribution in [3.8, 4) is 22.6 Å². The largest absolute Gasteiger partial charge is 0.493 e. The second-order valence-corrected chi connectivity index (χ2v) is 8.34. The molecular formula is C22H26BNO4. The molecule has 28 heavy (non-hydrogen) atoms. The Morgan fingerprint density at radius 1 is 1.21 bits per heavy atom. The number of fused-ring (bicyclic) bond motifs is 1. The summed E-state index contributed by atoms with van der Waals surface area (Å²) in [7, 11) is 1.04. The molecule has 3 aliphatic rings. The monoisotopic (exact) mass is 379 g/mol. The van der Waals surface area contributed by atoms with Crippen LogP contribution in [0.15, 0.2) is 30.6 Å². The third-order valence-electron chi connectivity index (χ3n) is 6.63. The van der Waals surface area contributed by atoms with Gasteiger partial charge in [-0.1, -0.05) is 6.07 Å². The number of pyridine rings is 1. The van der Waals surface area contributed by atoms with E-state index in [1.807, 2.05) is 18.5 Å². The molecule has 1 saturated heterocycles. The van der Waals surface area contributed by atoms with Gasteiger partial charge in [0.2, 0.25) is 0 Å². The third kappa shape index (κ3) is 3.09. The first-order chi connectivity index (χ1) is 13.7. The molecule has 2 aliphatic heterocycles. The number of rotatable bonds is 3. The van der Waals surface area contributed by atoms with Crippen LogP contribution in [-0.2, 0) is 11.1 Å². The molecule has 0 radical (unpaired) electrons. The molecule has 3 heterocycles. The molecule has 2 aromatic rings. The number of aromatic nitrogens is 1. The number of hydrogen-bond donors (Lipinski definition) is 1. The minimum atomic E-state index is -0.668. The molecule has 1 atom stereocenters. The molecule has 1 unspecified atom stereocenters. The van der Waals surface area contributed by atoms with E-state index in [1.54, 1.807) is 7.11 Å². The van der Waals surface area contributed by atoms with Crippen LogP contribution in [-0.4, -0.2) is 36.4 Å². The average Bonchev–Trinajstić information content (AvgIpc) is 3.36. The van der Waals surface area contributed by atoms with Crippen LogP contribution >= 0.6 is 0 Å². The van der Waals surface area contributed by atoms with Crippen LogP contribution in [0.3, 0.4) is 0 Å². The van der Waals surface area contributed by atoms with E-state index >= 15 is 0 Å². The van der Waals surface area contributed by atoms with E-state index in [0.717, 1.165) is 53.9 Å². The summed E-state index contributed by atoms with van der Waals surface area (Å²) in [6.07, 6.45) is 11.3. The molecular weight excluding hydrogens is 353 g/mol. The van der Waals surface area contributed by atoms with Crippen molar-refractivity contribution in [2.75, 3.05) is 13.7 Å². The highest BCUT2D eigenvalue weighted by Crippen LogP contribution is 2.49. The van der Waals surface area contributed by atoms with E-state index in [9.17, 15) is 5.02 Å². The molecule has 5 rings (SSSR count). The molecule has 146 valence electrons. The first kappa shape index (κ1) is 18.0. The van der Waals surface area contributed by atoms with Crippen molar-refractivity contribution in [1.82, 2.24) is 4.98 Å². The van der Waals surface area contributed by atoms with Gasteiger partial charge in [0.25, 0.3) is 0 Å². The minimum Gasteiger partial charge on any atom is -0.493 e. The fraction of sp³-hybridized carbons (Fsp3) is 0.500. The van der Waals surface area contributed by atoms with E-state index in [-0.39, 0.29) is 11.5 Å². The summed E-state index contributed by atoms with van der Waals surface area (Å²) in [4.78, 5) is 4.48. The first-order valence-electron chi connectivity index (χ1n) is 10.3. The van der Waals surface area contributed by atoms with E-state index in [2.05, 4.69) is 17.1 Å². The maximum Gasteiger partial charge on any atom is 0.454 e. The SMILES string of the molecule is COc1ccc(-c2cncc(C3COB(O)C3)c2)c2c1OC1(CCCC1)CC2. The van der Waals surface area contributed by atoms with Crippen LogP contribution in [0.5, 0.6) is 11.5 Å². The van der Waals surface area contributed by atoms with Crippen molar-refractivity contribution in [1.29, 1.82) is 0 Å². The summed E-state index contributed by atoms with van der Waals surface area (Å²) in [6, 6.07) is 6.31. The number of benzene rings is 1. The molecule has 2 fully saturated rings. The zero-order valence-corrected chi connectivity index (χ0v) is 16.3. The first-order valence-corrected chi connectivity index (χ1v) is 10.3. The van der Waals surface area contributed by atoms with Gasteiger partial charge in [-0.2, -0.15) is 0 Å². The lowest BCUT2D eigenvalue weighted by atomic mass is 9.79. The smallest absolute Gasteiger partial charge is 0.454 e. The fourth-order valence-electron chi connectivity index (χ4n) is 5.06. The number of nitrogens with zero attached hydrogens (tertiary/aromatic N) is 1. The molecule has 1 saturated carbocycles. The van der Waals surface area contributed by atoms with Crippen LogP contribution in [0.25, 0.3) is 11.1 Å². The lowest BCUT2D eigenvalue weighted by Gasteiger charge is -2.37. The number of ether oxygens (including phenoxy) is 2. The van der Waals surface area contributed by atoms with Crippen LogP contribution < -0.4 is 9.47 Å². The van der Waals surface area contributed by atoms with E-state index in [1.165, 1.54) is 18.4 Å². The molecule has 0 amide bonds. The van der Waals surface area contributed by atoms with E-state index in [4.69, 9.17) is 14.1 Å². The quantitative estimate of drug-likeness (QED) is 0.818. The van der Waals surface area contributed by atoms with Crippen molar-refractivity contribution >= 4 is 7.12 Å². The average molecular weight is 379 g/mol. The molecule has 1 aromatic heterocycles. The fourth-order valence-corrected chi connectivity index (χ4v) is 5.06. The molecule has 5 nitrogen and oxygen atoms in total. The third-order valence-corrected chi connectivity index (χ3v) is 6.63. The lowest BCUT2D eigenvalue weighted by molar-refractivity contribution is 0.0501. The van der Waals surface area contributed by atoms with Crippen molar-refractivity contribution in [2.24, 2.45) is 0 Å². The maximum atomic E-state index is 9.69. The van der Waals surface area contributed by atoms with Gasteiger partial charge in [0, 0.05) is 36.0 Å². The normalized spacial score (nSPS) is 22.9. The van der Waals surface area contributed by atoms with Gasteiger partial charge >= 0.3 is 7.12 Å². The van der Waals surface area contributed by atoms with Gasteiger partial charge in [-0.05, 0) is 68.1 Å². The van der Waals surface area contributed by atoms with Gasteiger partial charge in [-0.3, -0.25) is 4.98 Å². The Morgan fingerprint density at radius 3 is 2.82 bits per heavy atom. The Labute approximate surface area is 166 Å². The summed E-state index contributed by atoms with van der Waals surface area (Å²) < 4.78 is 17.6. The van der Waals surface area contributed by atoms with Crippen molar-refractivity contribution in [3.05, 3.63) is 41.7 Å². The van der Waals surface area contributed by atoms with Crippen LogP contribution in [0, 0.1) is 0 Å². The maximum absolute atomic E-state index is 9.69. The highest BCUT2D eigenvalue weighted by atomic mass is 16.5. The minimum absolute atomic E-state index is 0.00364. The van der Waals surface area contributed by atoms with Crippen molar-refractivity contribution in [2.45, 2.75) is 56.4 Å². The van der Waals surface area contributed by atoms with Gasteiger partial charge in [0.15, 0.2) is 11.5 Å². The van der Waals surface area contributed by atoms with Gasteiger partial charge in [0.05, 0.1) is 7.11 Å². The highest BCUT2D eigenvalue weighted by Gasteiger charge is 2.41. The summed E-state index contributed by atoms with van der Waals surface area (Å²) in [5.41, 5.74) is 4.58. The predicted octanol–water partition coefficient (Wildman–Crippen LogP) is 3.99. The van der Waals surface area contributed by atoms with Crippen LogP contribution in [0.2, 0.25) is 6.32 Å². The van der Waals surface area contributed by atoms with E-state index < -0.39 is 7.12 Å². The molecule has 0 bridgehead atoms. The van der Waals surface area contributed by atoms with Crippen molar-refractivity contribution < 1.29 is 19.2 Å². The zero-order chi connectivity index (χ0) is 19.1. The van der Waals surface area contributed by atoms with Gasteiger partial charge < -0.3 is 19.2 Å². The van der Waals surface area contributed by atoms with Crippen LogP contribution in [0.4, 0.5) is 0 Å². The van der Waals surface area contributed by atoms with Gasteiger partial charge in [-0.15, -0.1) is 0 Å². The topological polar surface area (TPSA) is 60.8 Å². The zero-order valence-electron chi connectivity index (χ0n) is 16.3. The Kier molecular flexibility index (Phi) is 4.56. The van der Waals surface area contributed by atoms with Crippen molar-refractivity contribution in [3.63, 3.8) is 0 Å². The second-order valence-electron chi connectivity index (χ2n) is 8.34. The molecule has 1 aromatic carbocycles. The Bertz CT molecular complexity index is 881. The standard InChI is InChI=1S/C22H26BNO4/c1-26-20-5-4-18(19-6-9-22(28-21(19)20)7-2-3-8-22)16-10-15(12-24-13-16)17-11-23(25)27-14-17/h4-5,10,12-13,17,25H,2-3,6-9,11,14H2,1H3.